The lowest BCUT2D eigenvalue weighted by molar-refractivity contribution is 0.394. The van der Waals surface area contributed by atoms with Crippen molar-refractivity contribution in [2.45, 2.75) is 6.54 Å². The summed E-state index contributed by atoms with van der Waals surface area (Å²) in [5, 5.41) is 3.14. The molecule has 7 heteroatoms. The quantitative estimate of drug-likeness (QED) is 0.881. The Labute approximate surface area is 120 Å². The molecule has 1 N–H and O–H groups in total. The van der Waals surface area contributed by atoms with Gasteiger partial charge in [0.25, 0.3) is 0 Å². The van der Waals surface area contributed by atoms with Crippen molar-refractivity contribution in [3.05, 3.63) is 31.5 Å². The van der Waals surface area contributed by atoms with E-state index in [0.717, 1.165) is 8.26 Å². The number of aromatic nitrogens is 2. The molecule has 2 aromatic heterocycles. The molecule has 0 aliphatic heterocycles. The van der Waals surface area contributed by atoms with Crippen LogP contribution in [0.2, 0.25) is 0 Å². The van der Waals surface area contributed by atoms with E-state index in [1.807, 2.05) is 6.07 Å². The topological polar surface area (TPSA) is 47.0 Å². The van der Waals surface area contributed by atoms with Gasteiger partial charge in [0.15, 0.2) is 0 Å². The zero-order valence-electron chi connectivity index (χ0n) is 8.91. The number of hydrogen-bond donors (Lipinski definition) is 1. The number of ether oxygens (including phenoxy) is 1. The second-order valence-corrected chi connectivity index (χ2v) is 6.51. The monoisotopic (exact) mass is 377 g/mol. The van der Waals surface area contributed by atoms with Gasteiger partial charge in [0.2, 0.25) is 11.8 Å². The van der Waals surface area contributed by atoms with Crippen LogP contribution < -0.4 is 10.1 Å². The van der Waals surface area contributed by atoms with Gasteiger partial charge < -0.3 is 10.1 Å². The molecular weight excluding hydrogens is 370 g/mol. The van der Waals surface area contributed by atoms with Crippen LogP contribution in [0.25, 0.3) is 0 Å². The van der Waals surface area contributed by atoms with Crippen LogP contribution in [0.15, 0.2) is 26.6 Å². The number of rotatable bonds is 4. The first kappa shape index (κ1) is 12.8. The Hall–Kier alpha value is -0.660. The summed E-state index contributed by atoms with van der Waals surface area (Å²) in [4.78, 5) is 9.58. The fraction of sp³-hybridized carbons (Fsp3) is 0.200. The molecule has 0 aliphatic rings. The summed E-state index contributed by atoms with van der Waals surface area (Å²) in [5.41, 5.74) is 0. The lowest BCUT2D eigenvalue weighted by Crippen LogP contribution is -2.03. The Morgan fingerprint density at radius 1 is 1.41 bits per heavy atom. The number of nitrogens with one attached hydrogen (secondary N) is 1. The highest BCUT2D eigenvalue weighted by Gasteiger charge is 2.05. The highest BCUT2D eigenvalue weighted by atomic mass is 79.9. The first-order chi connectivity index (χ1) is 8.19. The zero-order chi connectivity index (χ0) is 12.3. The minimum atomic E-state index is 0.523. The molecule has 0 saturated heterocycles. The molecule has 2 heterocycles. The maximum atomic E-state index is 5.10. The molecule has 0 atom stereocenters. The van der Waals surface area contributed by atoms with Gasteiger partial charge >= 0.3 is 0 Å². The molecule has 0 unspecified atom stereocenters. The SMILES string of the molecule is COc1nc(NCc2ccc(Br)s2)ncc1Br. The third-order valence-electron chi connectivity index (χ3n) is 1.95. The van der Waals surface area contributed by atoms with Gasteiger partial charge in [-0.05, 0) is 44.0 Å². The molecule has 17 heavy (non-hydrogen) atoms. The molecule has 0 bridgehead atoms. The van der Waals surface area contributed by atoms with Gasteiger partial charge in [-0.2, -0.15) is 4.98 Å². The molecule has 4 nitrogen and oxygen atoms in total. The maximum absolute atomic E-state index is 5.10. The lowest BCUT2D eigenvalue weighted by atomic mass is 10.5. The normalized spacial score (nSPS) is 10.3. The van der Waals surface area contributed by atoms with Crippen molar-refractivity contribution < 1.29 is 4.74 Å². The maximum Gasteiger partial charge on any atom is 0.232 e. The lowest BCUT2D eigenvalue weighted by Gasteiger charge is -2.05. The molecule has 2 rings (SSSR count). The summed E-state index contributed by atoms with van der Waals surface area (Å²) in [6, 6.07) is 4.07. The number of methoxy groups -OCH3 is 1. The van der Waals surface area contributed by atoms with E-state index >= 15 is 0 Å². The Kier molecular flexibility index (Phi) is 4.36. The fourth-order valence-electron chi connectivity index (χ4n) is 1.19. The van der Waals surface area contributed by atoms with Crippen molar-refractivity contribution in [2.75, 3.05) is 12.4 Å². The minimum Gasteiger partial charge on any atom is -0.480 e. The second kappa shape index (κ2) is 5.79. The third-order valence-corrected chi connectivity index (χ3v) is 4.12. The van der Waals surface area contributed by atoms with Gasteiger partial charge in [-0.15, -0.1) is 11.3 Å². The summed E-state index contributed by atoms with van der Waals surface area (Å²) < 4.78 is 6.95. The van der Waals surface area contributed by atoms with Crippen molar-refractivity contribution in [1.82, 2.24) is 9.97 Å². The van der Waals surface area contributed by atoms with Gasteiger partial charge in [0.1, 0.15) is 0 Å². The second-order valence-electron chi connectivity index (χ2n) is 3.11. The zero-order valence-corrected chi connectivity index (χ0v) is 12.9. The third kappa shape index (κ3) is 3.40. The van der Waals surface area contributed by atoms with Crippen LogP contribution in [-0.2, 0) is 6.54 Å². The van der Waals surface area contributed by atoms with Crippen molar-refractivity contribution in [3.8, 4) is 5.88 Å². The van der Waals surface area contributed by atoms with Crippen molar-refractivity contribution >= 4 is 49.1 Å². The number of hydrogen-bond acceptors (Lipinski definition) is 5. The Morgan fingerprint density at radius 3 is 2.88 bits per heavy atom. The molecule has 0 aliphatic carbocycles. The van der Waals surface area contributed by atoms with E-state index < -0.39 is 0 Å². The average Bonchev–Trinajstić information content (AvgIpc) is 2.74. The molecule has 90 valence electrons. The Morgan fingerprint density at radius 2 is 2.24 bits per heavy atom. The molecule has 0 amide bonds. The highest BCUT2D eigenvalue weighted by Crippen LogP contribution is 2.24. The molecule has 0 saturated carbocycles. The van der Waals surface area contributed by atoms with Crippen molar-refractivity contribution in [1.29, 1.82) is 0 Å². The summed E-state index contributed by atoms with van der Waals surface area (Å²) >= 11 is 8.41. The van der Waals surface area contributed by atoms with Gasteiger partial charge in [-0.1, -0.05) is 0 Å². The van der Waals surface area contributed by atoms with Gasteiger partial charge in [-0.3, -0.25) is 0 Å². The highest BCUT2D eigenvalue weighted by molar-refractivity contribution is 9.11. The number of anilines is 1. The number of nitrogens with zero attached hydrogens (tertiary/aromatic N) is 2. The molecular formula is C10H9Br2N3OS. The van der Waals surface area contributed by atoms with E-state index in [-0.39, 0.29) is 0 Å². The largest absolute Gasteiger partial charge is 0.480 e. The van der Waals surface area contributed by atoms with Crippen LogP contribution in [0.1, 0.15) is 4.88 Å². The van der Waals surface area contributed by atoms with E-state index in [0.29, 0.717) is 18.4 Å². The van der Waals surface area contributed by atoms with Gasteiger partial charge in [0, 0.05) is 4.88 Å². The summed E-state index contributed by atoms with van der Waals surface area (Å²) in [6.07, 6.45) is 1.67. The van der Waals surface area contributed by atoms with E-state index in [1.165, 1.54) is 4.88 Å². The molecule has 0 spiro atoms. The van der Waals surface area contributed by atoms with E-state index in [9.17, 15) is 0 Å². The molecule has 2 aromatic rings. The molecule has 0 fully saturated rings. The predicted molar refractivity (Wildman–Crippen MR) is 75.6 cm³/mol. The summed E-state index contributed by atoms with van der Waals surface area (Å²) in [5.74, 6) is 1.07. The predicted octanol–water partition coefficient (Wildman–Crippen LogP) is 3.68. The van der Waals surface area contributed by atoms with Crippen molar-refractivity contribution in [2.24, 2.45) is 0 Å². The van der Waals surface area contributed by atoms with Crippen LogP contribution in [-0.4, -0.2) is 17.1 Å². The summed E-state index contributed by atoms with van der Waals surface area (Å²) in [7, 11) is 1.58. The molecule has 0 aromatic carbocycles. The van der Waals surface area contributed by atoms with Crippen molar-refractivity contribution in [3.63, 3.8) is 0 Å². The van der Waals surface area contributed by atoms with Crippen LogP contribution in [0.4, 0.5) is 5.95 Å². The summed E-state index contributed by atoms with van der Waals surface area (Å²) in [6.45, 7) is 0.695. The Balaban J connectivity index is 2.04. The van der Waals surface area contributed by atoms with Crippen LogP contribution in [0, 0.1) is 0 Å². The number of thiophene rings is 1. The fourth-order valence-corrected chi connectivity index (χ4v) is 2.97. The van der Waals surface area contributed by atoms with Crippen LogP contribution in [0.5, 0.6) is 5.88 Å². The number of halogens is 2. The van der Waals surface area contributed by atoms with E-state index in [1.54, 1.807) is 24.6 Å². The smallest absolute Gasteiger partial charge is 0.232 e. The average molecular weight is 379 g/mol. The van der Waals surface area contributed by atoms with Gasteiger partial charge in [0.05, 0.1) is 28.1 Å². The first-order valence-corrected chi connectivity index (χ1v) is 7.14. The minimum absolute atomic E-state index is 0.523. The van der Waals surface area contributed by atoms with Crippen LogP contribution in [0.3, 0.4) is 0 Å². The van der Waals surface area contributed by atoms with Gasteiger partial charge in [-0.25, -0.2) is 4.98 Å². The van der Waals surface area contributed by atoms with Crippen LogP contribution >= 0.6 is 43.2 Å². The standard InChI is InChI=1S/C10H9Br2N3OS/c1-16-9-7(11)5-14-10(15-9)13-4-6-2-3-8(12)17-6/h2-3,5H,4H2,1H3,(H,13,14,15). The molecule has 0 radical (unpaired) electrons. The van der Waals surface area contributed by atoms with E-state index in [4.69, 9.17) is 4.74 Å². The Bertz CT molecular complexity index is 518. The first-order valence-electron chi connectivity index (χ1n) is 4.73. The van der Waals surface area contributed by atoms with E-state index in [2.05, 4.69) is 53.2 Å².